The molecule has 0 aliphatic carbocycles. The number of ether oxygens (including phenoxy) is 2. The maximum Gasteiger partial charge on any atom is 0.283 e. The van der Waals surface area contributed by atoms with Crippen molar-refractivity contribution in [2.45, 2.75) is 0 Å². The van der Waals surface area contributed by atoms with Crippen molar-refractivity contribution in [2.24, 2.45) is 10.1 Å². The van der Waals surface area contributed by atoms with Crippen LogP contribution >= 0.6 is 11.8 Å². The van der Waals surface area contributed by atoms with Gasteiger partial charge in [0.2, 0.25) is 12.0 Å². The van der Waals surface area contributed by atoms with Gasteiger partial charge in [0.15, 0.2) is 17.3 Å². The van der Waals surface area contributed by atoms with Gasteiger partial charge in [-0.25, -0.2) is 0 Å². The molecule has 3 aromatic carbocycles. The van der Waals surface area contributed by atoms with Crippen LogP contribution in [0.15, 0.2) is 76.3 Å². The molecule has 3 aromatic rings. The number of carbonyl (C=O) groups is 1. The first-order chi connectivity index (χ1) is 15.2. The van der Waals surface area contributed by atoms with Crippen LogP contribution in [0.3, 0.4) is 0 Å². The summed E-state index contributed by atoms with van der Waals surface area (Å²) in [5.74, 6) is 0.894. The van der Waals surface area contributed by atoms with Crippen LogP contribution in [0.2, 0.25) is 0 Å². The Kier molecular flexibility index (Phi) is 3.94. The van der Waals surface area contributed by atoms with Crippen molar-refractivity contribution in [1.29, 1.82) is 5.41 Å². The summed E-state index contributed by atoms with van der Waals surface area (Å²) in [7, 11) is 0. The molecule has 0 spiro atoms. The van der Waals surface area contributed by atoms with Crippen molar-refractivity contribution < 1.29 is 14.3 Å². The molecule has 0 saturated heterocycles. The SMILES string of the molecule is N=C1/C(=C\c2cccc3ccccc23)C(=O)N=C2SC(c3ccc4c(c3)OCO4)=NN12. The Balaban J connectivity index is 1.38. The molecule has 3 heterocycles. The molecule has 8 heteroatoms. The number of hydrazone groups is 1. The van der Waals surface area contributed by atoms with E-state index < -0.39 is 5.91 Å². The first kappa shape index (κ1) is 17.9. The average Bonchev–Trinajstić information content (AvgIpc) is 3.43. The van der Waals surface area contributed by atoms with Crippen LogP contribution in [-0.4, -0.2) is 33.8 Å². The van der Waals surface area contributed by atoms with Gasteiger partial charge in [-0.05, 0) is 52.4 Å². The third kappa shape index (κ3) is 2.91. The molecule has 0 saturated carbocycles. The van der Waals surface area contributed by atoms with Gasteiger partial charge < -0.3 is 9.47 Å². The highest BCUT2D eigenvalue weighted by Crippen LogP contribution is 2.36. The zero-order chi connectivity index (χ0) is 20.9. The molecule has 7 nitrogen and oxygen atoms in total. The Morgan fingerprint density at radius 1 is 1.03 bits per heavy atom. The summed E-state index contributed by atoms with van der Waals surface area (Å²) in [4.78, 5) is 16.9. The van der Waals surface area contributed by atoms with Crippen molar-refractivity contribution in [1.82, 2.24) is 5.01 Å². The van der Waals surface area contributed by atoms with E-state index in [4.69, 9.17) is 14.9 Å². The minimum atomic E-state index is -0.446. The van der Waals surface area contributed by atoms with Crippen LogP contribution in [0.1, 0.15) is 11.1 Å². The quantitative estimate of drug-likeness (QED) is 0.620. The van der Waals surface area contributed by atoms with E-state index in [1.165, 1.54) is 16.8 Å². The van der Waals surface area contributed by atoms with Gasteiger partial charge in [-0.2, -0.15) is 15.1 Å². The molecule has 1 amide bonds. The minimum Gasteiger partial charge on any atom is -0.454 e. The van der Waals surface area contributed by atoms with E-state index in [0.29, 0.717) is 21.7 Å². The second-order valence-electron chi connectivity index (χ2n) is 7.06. The van der Waals surface area contributed by atoms with E-state index in [1.54, 1.807) is 6.08 Å². The molecular formula is C23H14N4O3S. The number of amides is 1. The van der Waals surface area contributed by atoms with Gasteiger partial charge >= 0.3 is 0 Å². The largest absolute Gasteiger partial charge is 0.454 e. The smallest absolute Gasteiger partial charge is 0.283 e. The number of hydrogen-bond acceptors (Lipinski definition) is 6. The summed E-state index contributed by atoms with van der Waals surface area (Å²) in [5, 5.41) is 17.7. The van der Waals surface area contributed by atoms with Crippen LogP contribution in [0.5, 0.6) is 11.5 Å². The molecule has 31 heavy (non-hydrogen) atoms. The van der Waals surface area contributed by atoms with E-state index in [9.17, 15) is 4.79 Å². The number of thioether (sulfide) groups is 1. The van der Waals surface area contributed by atoms with E-state index in [0.717, 1.165) is 21.9 Å². The highest BCUT2D eigenvalue weighted by atomic mass is 32.2. The predicted octanol–water partition coefficient (Wildman–Crippen LogP) is 4.24. The summed E-state index contributed by atoms with van der Waals surface area (Å²) < 4.78 is 10.8. The van der Waals surface area contributed by atoms with E-state index >= 15 is 0 Å². The van der Waals surface area contributed by atoms with Crippen LogP contribution in [-0.2, 0) is 4.79 Å². The summed E-state index contributed by atoms with van der Waals surface area (Å²) in [6, 6.07) is 19.3. The van der Waals surface area contributed by atoms with Gasteiger partial charge in [-0.1, -0.05) is 42.5 Å². The van der Waals surface area contributed by atoms with Crippen LogP contribution in [0.25, 0.3) is 16.8 Å². The lowest BCUT2D eigenvalue weighted by Gasteiger charge is -2.20. The number of carbonyl (C=O) groups excluding carboxylic acids is 1. The third-order valence-corrected chi connectivity index (χ3v) is 6.15. The third-order valence-electron chi connectivity index (χ3n) is 5.20. The zero-order valence-corrected chi connectivity index (χ0v) is 16.8. The molecular weight excluding hydrogens is 412 g/mol. The molecule has 3 aliphatic heterocycles. The van der Waals surface area contributed by atoms with Gasteiger partial charge in [0, 0.05) is 5.56 Å². The molecule has 0 radical (unpaired) electrons. The summed E-state index contributed by atoms with van der Waals surface area (Å²) >= 11 is 1.25. The molecule has 0 unspecified atom stereocenters. The number of fused-ring (bicyclic) bond motifs is 3. The second kappa shape index (κ2) is 6.82. The molecule has 0 fully saturated rings. The fourth-order valence-electron chi connectivity index (χ4n) is 3.67. The van der Waals surface area contributed by atoms with Gasteiger partial charge in [0.25, 0.3) is 5.91 Å². The minimum absolute atomic E-state index is 0.00572. The lowest BCUT2D eigenvalue weighted by atomic mass is 10.0. The van der Waals surface area contributed by atoms with Crippen LogP contribution in [0, 0.1) is 5.41 Å². The number of amidine groups is 2. The second-order valence-corrected chi connectivity index (χ2v) is 8.02. The Labute approximate surface area is 181 Å². The van der Waals surface area contributed by atoms with E-state index in [-0.39, 0.29) is 18.2 Å². The molecule has 0 bridgehead atoms. The Hall–Kier alpha value is -3.91. The van der Waals surface area contributed by atoms with E-state index in [2.05, 4.69) is 10.1 Å². The van der Waals surface area contributed by atoms with Crippen molar-refractivity contribution in [3.63, 3.8) is 0 Å². The number of hydrogen-bond donors (Lipinski definition) is 1. The standard InChI is InChI=1S/C23H14N4O3S/c24-20-17(10-14-6-3-5-13-4-1-2-7-16(13)14)21(28)25-23-27(20)26-22(31-23)15-8-9-18-19(11-15)30-12-29-18/h1-11,24H,12H2/b17-10+,24-20?. The van der Waals surface area contributed by atoms with Crippen molar-refractivity contribution in [2.75, 3.05) is 6.79 Å². The Bertz CT molecular complexity index is 1390. The monoisotopic (exact) mass is 426 g/mol. The summed E-state index contributed by atoms with van der Waals surface area (Å²) in [5.41, 5.74) is 1.87. The lowest BCUT2D eigenvalue weighted by molar-refractivity contribution is -0.114. The fourth-order valence-corrected chi connectivity index (χ4v) is 4.56. The predicted molar refractivity (Wildman–Crippen MR) is 121 cm³/mol. The molecule has 6 rings (SSSR count). The van der Waals surface area contributed by atoms with Gasteiger partial charge in [-0.15, -0.1) is 0 Å². The maximum atomic E-state index is 12.8. The molecule has 0 aromatic heterocycles. The molecule has 1 N–H and O–H groups in total. The van der Waals surface area contributed by atoms with Crippen molar-refractivity contribution in [3.05, 3.63) is 77.4 Å². The number of nitrogens with zero attached hydrogens (tertiary/aromatic N) is 3. The van der Waals surface area contributed by atoms with E-state index in [1.807, 2.05) is 60.7 Å². The fraction of sp³-hybridized carbons (Fsp3) is 0.0435. The van der Waals surface area contributed by atoms with Gasteiger partial charge in [0.05, 0.1) is 5.57 Å². The van der Waals surface area contributed by atoms with Crippen molar-refractivity contribution >= 4 is 50.6 Å². The zero-order valence-electron chi connectivity index (χ0n) is 16.0. The normalized spacial score (nSPS) is 18.5. The molecule has 3 aliphatic rings. The number of benzene rings is 3. The Morgan fingerprint density at radius 3 is 2.81 bits per heavy atom. The van der Waals surface area contributed by atoms with Gasteiger partial charge in [0.1, 0.15) is 5.04 Å². The average molecular weight is 426 g/mol. The molecule has 150 valence electrons. The van der Waals surface area contributed by atoms with Crippen molar-refractivity contribution in [3.8, 4) is 11.5 Å². The summed E-state index contributed by atoms with van der Waals surface area (Å²) in [6.07, 6.45) is 1.71. The topological polar surface area (TPSA) is 87.3 Å². The first-order valence-electron chi connectivity index (χ1n) is 9.55. The van der Waals surface area contributed by atoms with Crippen LogP contribution < -0.4 is 9.47 Å². The number of rotatable bonds is 2. The van der Waals surface area contributed by atoms with Crippen LogP contribution in [0.4, 0.5) is 0 Å². The van der Waals surface area contributed by atoms with Gasteiger partial charge in [-0.3, -0.25) is 10.2 Å². The summed E-state index contributed by atoms with van der Waals surface area (Å²) in [6.45, 7) is 0.193. The highest BCUT2D eigenvalue weighted by molar-refractivity contribution is 8.27. The number of nitrogens with one attached hydrogen (secondary N) is 1. The first-order valence-corrected chi connectivity index (χ1v) is 10.4. The maximum absolute atomic E-state index is 12.8. The lowest BCUT2D eigenvalue weighted by Crippen LogP contribution is -2.35. The number of aliphatic imine (C=N–C) groups is 1. The Morgan fingerprint density at radius 2 is 1.87 bits per heavy atom. The highest BCUT2D eigenvalue weighted by Gasteiger charge is 2.36. The molecule has 0 atom stereocenters.